The molecule has 10 aromatic rings. The minimum absolute atomic E-state index is 0.0629. The zero-order valence-corrected chi connectivity index (χ0v) is 28.9. The zero-order chi connectivity index (χ0) is 34.6. The molecule has 0 radical (unpaired) electrons. The molecule has 0 bridgehead atoms. The van der Waals surface area contributed by atoms with E-state index >= 15 is 0 Å². The van der Waals surface area contributed by atoms with Crippen LogP contribution in [0.4, 0.5) is 17.1 Å². The van der Waals surface area contributed by atoms with Crippen LogP contribution in [0.2, 0.25) is 0 Å². The molecule has 52 heavy (non-hydrogen) atoms. The number of hydrogen-bond donors (Lipinski definition) is 0. The van der Waals surface area contributed by atoms with Crippen molar-refractivity contribution in [1.29, 1.82) is 0 Å². The predicted molar refractivity (Wildman–Crippen MR) is 216 cm³/mol. The van der Waals surface area contributed by atoms with Crippen LogP contribution in [-0.4, -0.2) is 0 Å². The van der Waals surface area contributed by atoms with Crippen molar-refractivity contribution in [1.82, 2.24) is 0 Å². The number of nitrogens with zero attached hydrogens (tertiary/aromatic N) is 1. The molecule has 0 atom stereocenters. The van der Waals surface area contributed by atoms with E-state index < -0.39 is 0 Å². The summed E-state index contributed by atoms with van der Waals surface area (Å²) in [6.07, 6.45) is 0. The van der Waals surface area contributed by atoms with E-state index in [1.807, 2.05) is 18.2 Å². The normalized spacial score (nSPS) is 13.3. The molecule has 0 fully saturated rings. The van der Waals surface area contributed by atoms with Crippen LogP contribution in [0.3, 0.4) is 0 Å². The van der Waals surface area contributed by atoms with Gasteiger partial charge in [-0.1, -0.05) is 117 Å². The molecule has 1 aliphatic carbocycles. The van der Waals surface area contributed by atoms with Crippen molar-refractivity contribution in [2.45, 2.75) is 19.3 Å². The van der Waals surface area contributed by atoms with Crippen molar-refractivity contribution < 1.29 is 8.83 Å². The van der Waals surface area contributed by atoms with Crippen molar-refractivity contribution in [3.05, 3.63) is 175 Å². The Kier molecular flexibility index (Phi) is 6.01. The van der Waals surface area contributed by atoms with Gasteiger partial charge in [-0.25, -0.2) is 0 Å². The Bertz CT molecular complexity index is 3050. The fourth-order valence-electron chi connectivity index (χ4n) is 8.77. The molecule has 3 heteroatoms. The van der Waals surface area contributed by atoms with Gasteiger partial charge in [0.25, 0.3) is 0 Å². The minimum atomic E-state index is -0.0629. The maximum atomic E-state index is 6.42. The van der Waals surface area contributed by atoms with E-state index in [9.17, 15) is 0 Å². The van der Waals surface area contributed by atoms with E-state index in [1.165, 1.54) is 33.2 Å². The van der Waals surface area contributed by atoms with Gasteiger partial charge in [-0.15, -0.1) is 0 Å². The lowest BCUT2D eigenvalue weighted by atomic mass is 9.82. The molecule has 3 nitrogen and oxygen atoms in total. The van der Waals surface area contributed by atoms with Crippen molar-refractivity contribution in [3.63, 3.8) is 0 Å². The lowest BCUT2D eigenvalue weighted by Crippen LogP contribution is -2.15. The number of hydrogen-bond acceptors (Lipinski definition) is 3. The lowest BCUT2D eigenvalue weighted by Gasteiger charge is -2.27. The van der Waals surface area contributed by atoms with Crippen molar-refractivity contribution in [2.75, 3.05) is 4.90 Å². The van der Waals surface area contributed by atoms with Gasteiger partial charge in [0.2, 0.25) is 0 Å². The third-order valence-corrected chi connectivity index (χ3v) is 11.2. The van der Waals surface area contributed by atoms with Crippen molar-refractivity contribution >= 4 is 71.7 Å². The summed E-state index contributed by atoms with van der Waals surface area (Å²) in [6.45, 7) is 4.67. The molecule has 0 saturated carbocycles. The monoisotopic (exact) mass is 667 g/mol. The molecular formula is C49H33NO2. The molecule has 2 aromatic heterocycles. The largest absolute Gasteiger partial charge is 0.456 e. The summed E-state index contributed by atoms with van der Waals surface area (Å²) in [5, 5.41) is 6.88. The molecule has 0 N–H and O–H groups in total. The molecule has 0 saturated heterocycles. The minimum Gasteiger partial charge on any atom is -0.456 e. The fourth-order valence-corrected chi connectivity index (χ4v) is 8.77. The summed E-state index contributed by atoms with van der Waals surface area (Å²) in [4.78, 5) is 2.38. The first-order chi connectivity index (χ1) is 25.5. The van der Waals surface area contributed by atoms with Crippen LogP contribution in [0, 0.1) is 0 Å². The standard InChI is InChI=1S/C49H33NO2/c1-49(2)41-16-8-5-13-36(41)39-28-33(23-25-42(39)49)50(34-24-26-45-40(29-34)37-14-6-9-17-43(37)51-45)32-21-19-30(20-22-32)47-35-12-4-3-11-31(35)27-46-48(47)38-15-7-10-18-44(38)52-46/h3-29H,1-2H3. The van der Waals surface area contributed by atoms with Crippen LogP contribution in [0.25, 0.3) is 76.9 Å². The van der Waals surface area contributed by atoms with E-state index in [4.69, 9.17) is 8.83 Å². The van der Waals surface area contributed by atoms with Crippen LogP contribution >= 0.6 is 0 Å². The molecule has 0 spiro atoms. The zero-order valence-electron chi connectivity index (χ0n) is 28.9. The van der Waals surface area contributed by atoms with Crippen LogP contribution in [0.1, 0.15) is 25.0 Å². The van der Waals surface area contributed by atoms with E-state index in [-0.39, 0.29) is 5.41 Å². The number of benzene rings is 8. The van der Waals surface area contributed by atoms with Crippen LogP contribution in [0.15, 0.2) is 173 Å². The summed E-state index contributed by atoms with van der Waals surface area (Å²) in [5.74, 6) is 0. The summed E-state index contributed by atoms with van der Waals surface area (Å²) >= 11 is 0. The smallest absolute Gasteiger partial charge is 0.136 e. The molecule has 0 aliphatic heterocycles. The van der Waals surface area contributed by atoms with E-state index in [0.29, 0.717) is 0 Å². The fraction of sp³-hybridized carbons (Fsp3) is 0.0612. The second-order valence-electron chi connectivity index (χ2n) is 14.5. The maximum absolute atomic E-state index is 6.42. The second-order valence-corrected chi connectivity index (χ2v) is 14.5. The summed E-state index contributed by atoms with van der Waals surface area (Å²) in [6, 6.07) is 58.9. The van der Waals surface area contributed by atoms with E-state index in [1.54, 1.807) is 0 Å². The Labute approximate surface area is 301 Å². The molecular weight excluding hydrogens is 635 g/mol. The highest BCUT2D eigenvalue weighted by molar-refractivity contribution is 6.20. The number of para-hydroxylation sites is 2. The van der Waals surface area contributed by atoms with E-state index in [0.717, 1.165) is 71.9 Å². The van der Waals surface area contributed by atoms with E-state index in [2.05, 4.69) is 164 Å². The average molecular weight is 668 g/mol. The highest BCUT2D eigenvalue weighted by Gasteiger charge is 2.35. The highest BCUT2D eigenvalue weighted by atomic mass is 16.3. The summed E-state index contributed by atoms with van der Waals surface area (Å²) in [7, 11) is 0. The Morgan fingerprint density at radius 2 is 1.02 bits per heavy atom. The Balaban J connectivity index is 1.12. The van der Waals surface area contributed by atoms with Crippen LogP contribution in [0.5, 0.6) is 0 Å². The van der Waals surface area contributed by atoms with Gasteiger partial charge < -0.3 is 13.7 Å². The van der Waals surface area contributed by atoms with Crippen LogP contribution in [-0.2, 0) is 5.41 Å². The quantitative estimate of drug-likeness (QED) is 0.187. The Morgan fingerprint density at radius 1 is 0.423 bits per heavy atom. The van der Waals surface area contributed by atoms with Gasteiger partial charge in [0, 0.05) is 49.6 Å². The first-order valence-electron chi connectivity index (χ1n) is 17.9. The van der Waals surface area contributed by atoms with Gasteiger partial charge in [0.15, 0.2) is 0 Å². The lowest BCUT2D eigenvalue weighted by molar-refractivity contribution is 0.660. The molecule has 0 unspecified atom stereocenters. The maximum Gasteiger partial charge on any atom is 0.136 e. The van der Waals surface area contributed by atoms with Gasteiger partial charge in [-0.05, 0) is 99.3 Å². The van der Waals surface area contributed by atoms with Crippen molar-refractivity contribution in [2.24, 2.45) is 0 Å². The molecule has 0 amide bonds. The van der Waals surface area contributed by atoms with Crippen LogP contribution < -0.4 is 4.90 Å². The number of fused-ring (bicyclic) bond motifs is 10. The molecule has 2 heterocycles. The third-order valence-electron chi connectivity index (χ3n) is 11.2. The predicted octanol–water partition coefficient (Wildman–Crippen LogP) is 14.1. The number of rotatable bonds is 4. The summed E-state index contributed by atoms with van der Waals surface area (Å²) in [5.41, 5.74) is 14.5. The molecule has 11 rings (SSSR count). The molecule has 8 aromatic carbocycles. The first kappa shape index (κ1) is 29.2. The summed E-state index contributed by atoms with van der Waals surface area (Å²) < 4.78 is 12.7. The van der Waals surface area contributed by atoms with Gasteiger partial charge in [0.05, 0.1) is 0 Å². The van der Waals surface area contributed by atoms with Gasteiger partial charge >= 0.3 is 0 Å². The SMILES string of the molecule is CC1(C)c2ccccc2-c2cc(N(c3ccc(-c4c5ccccc5cc5oc6ccccc6c45)cc3)c3ccc4oc5ccccc5c4c3)ccc21. The second kappa shape index (κ2) is 10.7. The topological polar surface area (TPSA) is 29.5 Å². The average Bonchev–Trinajstić information content (AvgIpc) is 3.82. The molecule has 246 valence electrons. The molecule has 1 aliphatic rings. The Morgan fingerprint density at radius 3 is 1.87 bits per heavy atom. The third kappa shape index (κ3) is 4.14. The first-order valence-corrected chi connectivity index (χ1v) is 17.9. The van der Waals surface area contributed by atoms with Crippen molar-refractivity contribution in [3.8, 4) is 22.3 Å². The van der Waals surface area contributed by atoms with Gasteiger partial charge in [-0.3, -0.25) is 0 Å². The number of anilines is 3. The van der Waals surface area contributed by atoms with Gasteiger partial charge in [-0.2, -0.15) is 0 Å². The van der Waals surface area contributed by atoms with Gasteiger partial charge in [0.1, 0.15) is 22.3 Å². The number of furan rings is 2. The highest BCUT2D eigenvalue weighted by Crippen LogP contribution is 2.51. The Hall–Kier alpha value is -6.58.